The first kappa shape index (κ1) is 21.5. The Labute approximate surface area is 187 Å². The van der Waals surface area contributed by atoms with Crippen LogP contribution in [0.25, 0.3) is 5.65 Å². The van der Waals surface area contributed by atoms with Crippen LogP contribution < -0.4 is 5.32 Å². The molecule has 0 fully saturated rings. The second-order valence-corrected chi connectivity index (χ2v) is 8.03. The molecule has 0 saturated carbocycles. The number of hydrogen-bond acceptors (Lipinski definition) is 4. The normalized spacial score (nSPS) is 11.8. The van der Waals surface area contributed by atoms with Gasteiger partial charge in [-0.25, -0.2) is 9.97 Å². The van der Waals surface area contributed by atoms with Crippen LogP contribution in [0.2, 0.25) is 10.0 Å². The molecule has 0 bridgehead atoms. The van der Waals surface area contributed by atoms with E-state index in [4.69, 9.17) is 23.2 Å². The number of alkyl halides is 3. The number of benzene rings is 1. The number of rotatable bonds is 5. The standard InChI is InChI=1S/C19H12Cl2F3N5OS/c20-10-3-1-4-11(21)14(10)17(30)27-12-5-2-8-29-13(9-31-18-25-6-7-26-18)15(19(22,23)24)28-16(12)29/h1-8H,9H2,(H,25,26)(H,27,30). The summed E-state index contributed by atoms with van der Waals surface area (Å²) in [5.41, 5.74) is -1.06. The second kappa shape index (κ2) is 8.45. The van der Waals surface area contributed by atoms with Crippen LogP contribution in [0.3, 0.4) is 0 Å². The van der Waals surface area contributed by atoms with E-state index in [1.165, 1.54) is 41.1 Å². The molecule has 4 rings (SSSR count). The van der Waals surface area contributed by atoms with Gasteiger partial charge in [-0.1, -0.05) is 41.0 Å². The second-order valence-electron chi connectivity index (χ2n) is 6.25. The average molecular weight is 486 g/mol. The molecule has 6 nitrogen and oxygen atoms in total. The summed E-state index contributed by atoms with van der Waals surface area (Å²) >= 11 is 13.2. The molecule has 0 aliphatic heterocycles. The fourth-order valence-corrected chi connectivity index (χ4v) is 4.35. The highest BCUT2D eigenvalue weighted by Gasteiger charge is 2.38. The zero-order chi connectivity index (χ0) is 22.2. The molecule has 3 aromatic heterocycles. The van der Waals surface area contributed by atoms with E-state index >= 15 is 0 Å². The van der Waals surface area contributed by atoms with Crippen molar-refractivity contribution < 1.29 is 18.0 Å². The number of imidazole rings is 2. The highest BCUT2D eigenvalue weighted by molar-refractivity contribution is 7.98. The SMILES string of the molecule is O=C(Nc1cccn2c(CSc3ncc[nH]3)c(C(F)(F)F)nc12)c1c(Cl)cccc1Cl. The van der Waals surface area contributed by atoms with Crippen LogP contribution in [-0.2, 0) is 11.9 Å². The van der Waals surface area contributed by atoms with Crippen molar-refractivity contribution in [3.05, 3.63) is 75.9 Å². The number of halogens is 5. The fraction of sp³-hybridized carbons (Fsp3) is 0.105. The Morgan fingerprint density at radius 2 is 1.94 bits per heavy atom. The minimum absolute atomic E-state index is 0.0176. The number of nitrogens with zero attached hydrogens (tertiary/aromatic N) is 3. The zero-order valence-corrected chi connectivity index (χ0v) is 17.7. The quantitative estimate of drug-likeness (QED) is 0.343. The van der Waals surface area contributed by atoms with Crippen LogP contribution in [0.15, 0.2) is 54.1 Å². The molecule has 3 heterocycles. The third kappa shape index (κ3) is 4.36. The highest BCUT2D eigenvalue weighted by Crippen LogP contribution is 2.36. The zero-order valence-electron chi connectivity index (χ0n) is 15.4. The molecule has 12 heteroatoms. The van der Waals surface area contributed by atoms with E-state index in [1.807, 2.05) is 0 Å². The van der Waals surface area contributed by atoms with Gasteiger partial charge >= 0.3 is 6.18 Å². The minimum Gasteiger partial charge on any atom is -0.340 e. The van der Waals surface area contributed by atoms with Crippen molar-refractivity contribution in [1.29, 1.82) is 0 Å². The minimum atomic E-state index is -4.68. The van der Waals surface area contributed by atoms with Gasteiger partial charge in [0.1, 0.15) is 0 Å². The maximum atomic E-state index is 13.7. The van der Waals surface area contributed by atoms with Crippen LogP contribution in [0.1, 0.15) is 21.7 Å². The summed E-state index contributed by atoms with van der Waals surface area (Å²) in [6, 6.07) is 7.53. The Bertz CT molecular complexity index is 1240. The molecule has 0 saturated heterocycles. The largest absolute Gasteiger partial charge is 0.435 e. The number of hydrogen-bond donors (Lipinski definition) is 2. The van der Waals surface area contributed by atoms with Gasteiger partial charge in [-0.05, 0) is 24.3 Å². The monoisotopic (exact) mass is 485 g/mol. The van der Waals surface area contributed by atoms with Crippen LogP contribution in [0.5, 0.6) is 0 Å². The molecule has 160 valence electrons. The smallest absolute Gasteiger partial charge is 0.340 e. The Hall–Kier alpha value is -2.69. The van der Waals surface area contributed by atoms with Gasteiger partial charge in [-0.15, -0.1) is 0 Å². The summed E-state index contributed by atoms with van der Waals surface area (Å²) in [5.74, 6) is -0.705. The third-order valence-electron chi connectivity index (χ3n) is 4.27. The number of pyridine rings is 1. The lowest BCUT2D eigenvalue weighted by molar-refractivity contribution is -0.141. The lowest BCUT2D eigenvalue weighted by atomic mass is 10.2. The first-order chi connectivity index (χ1) is 14.8. The number of aromatic nitrogens is 4. The number of fused-ring (bicyclic) bond motifs is 1. The summed E-state index contributed by atoms with van der Waals surface area (Å²) in [4.78, 5) is 23.3. The number of amides is 1. The highest BCUT2D eigenvalue weighted by atomic mass is 35.5. The van der Waals surface area contributed by atoms with E-state index < -0.39 is 17.8 Å². The van der Waals surface area contributed by atoms with E-state index in [0.29, 0.717) is 5.16 Å². The van der Waals surface area contributed by atoms with Crippen LogP contribution in [-0.4, -0.2) is 25.3 Å². The molecule has 0 aliphatic rings. The Morgan fingerprint density at radius 3 is 2.58 bits per heavy atom. The van der Waals surface area contributed by atoms with E-state index in [2.05, 4.69) is 20.3 Å². The summed E-state index contributed by atoms with van der Waals surface area (Å²) in [6.45, 7) is 0. The molecule has 1 aromatic carbocycles. The number of carbonyl (C=O) groups excluding carboxylic acids is 1. The van der Waals surface area contributed by atoms with E-state index in [9.17, 15) is 18.0 Å². The fourth-order valence-electron chi connectivity index (χ4n) is 2.95. The van der Waals surface area contributed by atoms with Crippen molar-refractivity contribution in [2.24, 2.45) is 0 Å². The predicted molar refractivity (Wildman–Crippen MR) is 113 cm³/mol. The van der Waals surface area contributed by atoms with E-state index in [-0.39, 0.29) is 38.4 Å². The third-order valence-corrected chi connectivity index (χ3v) is 5.82. The number of anilines is 1. The first-order valence-corrected chi connectivity index (χ1v) is 10.4. The van der Waals surface area contributed by atoms with Gasteiger partial charge in [0.05, 0.1) is 27.0 Å². The van der Waals surface area contributed by atoms with Gasteiger partial charge in [-0.3, -0.25) is 4.79 Å². The van der Waals surface area contributed by atoms with Gasteiger partial charge in [0.25, 0.3) is 5.91 Å². The molecule has 2 N–H and O–H groups in total. The van der Waals surface area contributed by atoms with Crippen LogP contribution >= 0.6 is 35.0 Å². The Kier molecular flexibility index (Phi) is 5.87. The van der Waals surface area contributed by atoms with Crippen molar-refractivity contribution >= 4 is 52.2 Å². The molecule has 0 unspecified atom stereocenters. The Morgan fingerprint density at radius 1 is 1.19 bits per heavy atom. The number of nitrogens with one attached hydrogen (secondary N) is 2. The van der Waals surface area contributed by atoms with Crippen molar-refractivity contribution in [1.82, 2.24) is 19.4 Å². The molecular formula is C19H12Cl2F3N5OS. The van der Waals surface area contributed by atoms with E-state index in [0.717, 1.165) is 11.8 Å². The molecular weight excluding hydrogens is 474 g/mol. The van der Waals surface area contributed by atoms with Gasteiger partial charge in [-0.2, -0.15) is 13.2 Å². The summed E-state index contributed by atoms with van der Waals surface area (Å²) in [6.07, 6.45) is -0.143. The van der Waals surface area contributed by atoms with E-state index in [1.54, 1.807) is 12.3 Å². The number of thioether (sulfide) groups is 1. The molecule has 4 aromatic rings. The number of carbonyl (C=O) groups is 1. The van der Waals surface area contributed by atoms with Crippen LogP contribution in [0, 0.1) is 0 Å². The maximum absolute atomic E-state index is 13.7. The maximum Gasteiger partial charge on any atom is 0.435 e. The predicted octanol–water partition coefficient (Wildman–Crippen LogP) is 5.93. The first-order valence-electron chi connectivity index (χ1n) is 8.70. The average Bonchev–Trinajstić information content (AvgIpc) is 3.34. The van der Waals surface area contributed by atoms with Crippen molar-refractivity contribution in [2.45, 2.75) is 17.1 Å². The van der Waals surface area contributed by atoms with Gasteiger partial charge < -0.3 is 14.7 Å². The summed E-state index contributed by atoms with van der Waals surface area (Å²) in [5, 5.41) is 3.27. The van der Waals surface area contributed by atoms with Gasteiger partial charge in [0.2, 0.25) is 0 Å². The van der Waals surface area contributed by atoms with Gasteiger partial charge in [0, 0.05) is 24.3 Å². The molecule has 1 amide bonds. The molecule has 31 heavy (non-hydrogen) atoms. The topological polar surface area (TPSA) is 75.1 Å². The summed E-state index contributed by atoms with van der Waals surface area (Å²) < 4.78 is 42.4. The number of aromatic amines is 1. The number of H-pyrrole nitrogens is 1. The van der Waals surface area contributed by atoms with Crippen molar-refractivity contribution in [3.8, 4) is 0 Å². The molecule has 0 spiro atoms. The van der Waals surface area contributed by atoms with Crippen molar-refractivity contribution in [2.75, 3.05) is 5.32 Å². The van der Waals surface area contributed by atoms with Gasteiger partial charge in [0.15, 0.2) is 16.5 Å². The Balaban J connectivity index is 1.75. The lowest BCUT2D eigenvalue weighted by Crippen LogP contribution is -2.14. The molecule has 0 atom stereocenters. The van der Waals surface area contributed by atoms with Crippen LogP contribution in [0.4, 0.5) is 18.9 Å². The molecule has 0 aliphatic carbocycles. The van der Waals surface area contributed by atoms with Crippen molar-refractivity contribution in [3.63, 3.8) is 0 Å². The lowest BCUT2D eigenvalue weighted by Gasteiger charge is -2.10. The summed E-state index contributed by atoms with van der Waals surface area (Å²) in [7, 11) is 0. The molecule has 0 radical (unpaired) electrons.